The average molecular weight is 420 g/mol. The zero-order valence-electron chi connectivity index (χ0n) is 16.5. The van der Waals surface area contributed by atoms with Gasteiger partial charge in [-0.2, -0.15) is 0 Å². The molecule has 0 saturated carbocycles. The van der Waals surface area contributed by atoms with Gasteiger partial charge >= 0.3 is 6.01 Å². The maximum atomic E-state index is 13.0. The van der Waals surface area contributed by atoms with Crippen LogP contribution < -0.4 is 4.74 Å². The summed E-state index contributed by atoms with van der Waals surface area (Å²) in [4.78, 5) is 22.6. The minimum absolute atomic E-state index is 0.103. The maximum absolute atomic E-state index is 13.0. The minimum atomic E-state index is -3.32. The topological polar surface area (TPSA) is 115 Å². The number of carbonyl (C=O) groups excluding carboxylic acids is 1. The van der Waals surface area contributed by atoms with Gasteiger partial charge in [0.15, 0.2) is 9.84 Å². The van der Waals surface area contributed by atoms with E-state index in [0.717, 1.165) is 6.42 Å². The molecule has 0 aliphatic carbocycles. The average Bonchev–Trinajstić information content (AvgIpc) is 3.16. The molecule has 0 unspecified atom stereocenters. The molecular formula is C19H24N4O5S. The first-order valence-electron chi connectivity index (χ1n) is 9.74. The maximum Gasteiger partial charge on any atom is 0.316 e. The van der Waals surface area contributed by atoms with Gasteiger partial charge in [-0.3, -0.25) is 4.79 Å². The van der Waals surface area contributed by atoms with E-state index < -0.39 is 14.6 Å². The van der Waals surface area contributed by atoms with Crippen LogP contribution in [0.5, 0.6) is 6.01 Å². The molecule has 2 aromatic rings. The Bertz CT molecular complexity index is 999. The number of nitrogens with zero attached hydrogens (tertiary/aromatic N) is 4. The lowest BCUT2D eigenvalue weighted by Gasteiger charge is -2.49. The van der Waals surface area contributed by atoms with E-state index in [1.54, 1.807) is 30.3 Å². The SMILES string of the molecule is CCCc1onc(C)c1C(=O)N1CC2(C1)[C@H](COc1ncccn1)CCS2(=O)=O. The first-order chi connectivity index (χ1) is 13.9. The molecule has 156 valence electrons. The Morgan fingerprint density at radius 2 is 2.07 bits per heavy atom. The fraction of sp³-hybridized carbons (Fsp3) is 0.579. The van der Waals surface area contributed by atoms with Gasteiger partial charge in [0.1, 0.15) is 16.1 Å². The Hall–Kier alpha value is -2.49. The Labute approximate surface area is 169 Å². The van der Waals surface area contributed by atoms with Crippen molar-refractivity contribution < 1.29 is 22.5 Å². The molecule has 10 heteroatoms. The summed E-state index contributed by atoms with van der Waals surface area (Å²) in [5.41, 5.74) is 0.998. The van der Waals surface area contributed by atoms with E-state index in [9.17, 15) is 13.2 Å². The first kappa shape index (κ1) is 19.8. The van der Waals surface area contributed by atoms with Crippen LogP contribution in [0.3, 0.4) is 0 Å². The Morgan fingerprint density at radius 3 is 2.76 bits per heavy atom. The lowest BCUT2D eigenvalue weighted by Crippen LogP contribution is -2.69. The van der Waals surface area contributed by atoms with Gasteiger partial charge in [0, 0.05) is 37.8 Å². The van der Waals surface area contributed by atoms with Crippen molar-refractivity contribution in [2.24, 2.45) is 5.92 Å². The highest BCUT2D eigenvalue weighted by Gasteiger charge is 2.63. The minimum Gasteiger partial charge on any atom is -0.463 e. The summed E-state index contributed by atoms with van der Waals surface area (Å²) in [6.07, 6.45) is 5.09. The number of ether oxygens (including phenoxy) is 1. The van der Waals surface area contributed by atoms with Crippen molar-refractivity contribution in [3.8, 4) is 6.01 Å². The molecule has 0 radical (unpaired) electrons. The van der Waals surface area contributed by atoms with Crippen LogP contribution in [0.25, 0.3) is 0 Å². The second-order valence-electron chi connectivity index (χ2n) is 7.69. The van der Waals surface area contributed by atoms with E-state index in [-0.39, 0.29) is 43.3 Å². The van der Waals surface area contributed by atoms with Crippen LogP contribution in [0, 0.1) is 12.8 Å². The third-order valence-corrected chi connectivity index (χ3v) is 8.49. The molecule has 0 aromatic carbocycles. The number of aryl methyl sites for hydroxylation is 2. The molecule has 29 heavy (non-hydrogen) atoms. The van der Waals surface area contributed by atoms with Crippen molar-refractivity contribution in [3.05, 3.63) is 35.5 Å². The van der Waals surface area contributed by atoms with Crippen LogP contribution in [-0.4, -0.2) is 64.5 Å². The van der Waals surface area contributed by atoms with Gasteiger partial charge in [0.25, 0.3) is 5.91 Å². The Balaban J connectivity index is 1.49. The molecule has 0 N–H and O–H groups in total. The van der Waals surface area contributed by atoms with Crippen LogP contribution in [-0.2, 0) is 16.3 Å². The molecule has 4 rings (SSSR count). The quantitative estimate of drug-likeness (QED) is 0.689. The molecule has 1 amide bonds. The van der Waals surface area contributed by atoms with Gasteiger partial charge in [-0.25, -0.2) is 18.4 Å². The molecule has 2 aromatic heterocycles. The van der Waals surface area contributed by atoms with E-state index in [2.05, 4.69) is 15.1 Å². The van der Waals surface area contributed by atoms with Gasteiger partial charge in [-0.1, -0.05) is 12.1 Å². The first-order valence-corrected chi connectivity index (χ1v) is 11.4. The molecule has 2 fully saturated rings. The third kappa shape index (κ3) is 3.29. The fourth-order valence-corrected chi connectivity index (χ4v) is 6.63. The molecule has 2 aliphatic rings. The van der Waals surface area contributed by atoms with Crippen molar-refractivity contribution in [2.75, 3.05) is 25.4 Å². The van der Waals surface area contributed by atoms with E-state index in [0.29, 0.717) is 29.9 Å². The van der Waals surface area contributed by atoms with Gasteiger partial charge in [0.05, 0.1) is 18.1 Å². The zero-order valence-corrected chi connectivity index (χ0v) is 17.3. The molecule has 1 atom stereocenters. The summed E-state index contributed by atoms with van der Waals surface area (Å²) in [6, 6.07) is 1.91. The van der Waals surface area contributed by atoms with Crippen LogP contribution in [0.15, 0.2) is 23.0 Å². The standard InChI is InChI=1S/C19H24N4O5S/c1-3-5-15-16(13(2)22-28-15)17(24)23-11-19(12-23)14(6-9-29(19,25)26)10-27-18-20-7-4-8-21-18/h4,7-8,14H,3,5-6,9-12H2,1-2H3/t14-/m0/s1. The van der Waals surface area contributed by atoms with Crippen LogP contribution in [0.1, 0.15) is 41.6 Å². The predicted octanol–water partition coefficient (Wildman–Crippen LogP) is 1.43. The zero-order chi connectivity index (χ0) is 20.6. The lowest BCUT2D eigenvalue weighted by molar-refractivity contribution is 0.0401. The molecular weight excluding hydrogens is 396 g/mol. The van der Waals surface area contributed by atoms with Gasteiger partial charge < -0.3 is 14.2 Å². The molecule has 9 nitrogen and oxygen atoms in total. The fourth-order valence-electron chi connectivity index (χ4n) is 4.23. The highest BCUT2D eigenvalue weighted by atomic mass is 32.2. The van der Waals surface area contributed by atoms with Gasteiger partial charge in [-0.15, -0.1) is 0 Å². The highest BCUT2D eigenvalue weighted by molar-refractivity contribution is 7.93. The summed E-state index contributed by atoms with van der Waals surface area (Å²) in [5, 5.41) is 3.92. The number of sulfone groups is 1. The Morgan fingerprint density at radius 1 is 1.34 bits per heavy atom. The molecule has 1 spiro atoms. The van der Waals surface area contributed by atoms with E-state index in [4.69, 9.17) is 9.26 Å². The third-order valence-electron chi connectivity index (χ3n) is 5.88. The molecule has 2 aliphatic heterocycles. The number of rotatable bonds is 6. The molecule has 2 saturated heterocycles. The number of carbonyl (C=O) groups is 1. The van der Waals surface area contributed by atoms with Gasteiger partial charge in [-0.05, 0) is 25.8 Å². The Kier molecular flexibility index (Phi) is 5.05. The monoisotopic (exact) mass is 420 g/mol. The van der Waals surface area contributed by atoms with Crippen LogP contribution in [0.2, 0.25) is 0 Å². The van der Waals surface area contributed by atoms with E-state index in [1.165, 1.54) is 0 Å². The molecule has 0 bridgehead atoms. The predicted molar refractivity (Wildman–Crippen MR) is 103 cm³/mol. The van der Waals surface area contributed by atoms with Gasteiger partial charge in [0.2, 0.25) is 0 Å². The summed E-state index contributed by atoms with van der Waals surface area (Å²) in [7, 11) is -3.32. The van der Waals surface area contributed by atoms with Crippen LogP contribution in [0.4, 0.5) is 0 Å². The lowest BCUT2D eigenvalue weighted by atomic mass is 9.83. The summed E-state index contributed by atoms with van der Waals surface area (Å²) in [6.45, 7) is 4.26. The van der Waals surface area contributed by atoms with E-state index >= 15 is 0 Å². The van der Waals surface area contributed by atoms with Crippen molar-refractivity contribution in [1.82, 2.24) is 20.0 Å². The van der Waals surface area contributed by atoms with Crippen molar-refractivity contribution >= 4 is 15.7 Å². The second-order valence-corrected chi connectivity index (χ2v) is 10.1. The largest absolute Gasteiger partial charge is 0.463 e. The van der Waals surface area contributed by atoms with Crippen LogP contribution >= 0.6 is 0 Å². The smallest absolute Gasteiger partial charge is 0.316 e. The van der Waals surface area contributed by atoms with E-state index in [1.807, 2.05) is 6.92 Å². The highest BCUT2D eigenvalue weighted by Crippen LogP contribution is 2.45. The number of hydrogen-bond acceptors (Lipinski definition) is 8. The number of amides is 1. The van der Waals surface area contributed by atoms with Crippen molar-refractivity contribution in [1.29, 1.82) is 0 Å². The normalized spacial score (nSPS) is 21.9. The summed E-state index contributed by atoms with van der Waals surface area (Å²) < 4.78 is 35.6. The number of hydrogen-bond donors (Lipinski definition) is 0. The number of aromatic nitrogens is 3. The summed E-state index contributed by atoms with van der Waals surface area (Å²) in [5.74, 6) is 0.239. The van der Waals surface area contributed by atoms with Crippen molar-refractivity contribution in [2.45, 2.75) is 37.9 Å². The second kappa shape index (κ2) is 7.40. The summed E-state index contributed by atoms with van der Waals surface area (Å²) >= 11 is 0. The molecule has 4 heterocycles. The van der Waals surface area contributed by atoms with Crippen molar-refractivity contribution in [3.63, 3.8) is 0 Å². The number of likely N-dealkylation sites (tertiary alicyclic amines) is 1.